The highest BCUT2D eigenvalue weighted by Gasteiger charge is 2.24. The number of nitriles is 1. The van der Waals surface area contributed by atoms with Gasteiger partial charge >= 0.3 is 0 Å². The Morgan fingerprint density at radius 3 is 2.48 bits per heavy atom. The Bertz CT molecular complexity index is 619. The highest BCUT2D eigenvalue weighted by Crippen LogP contribution is 2.17. The molecule has 0 N–H and O–H groups in total. The number of anilines is 1. The molecule has 1 unspecified atom stereocenters. The lowest BCUT2D eigenvalue weighted by molar-refractivity contribution is -0.120. The molecule has 0 aliphatic rings. The molecule has 1 aromatic carbocycles. The molecule has 2 aromatic rings. The van der Waals surface area contributed by atoms with E-state index in [-0.39, 0.29) is 5.91 Å². The van der Waals surface area contributed by atoms with Crippen LogP contribution in [0.2, 0.25) is 0 Å². The van der Waals surface area contributed by atoms with E-state index >= 15 is 0 Å². The van der Waals surface area contributed by atoms with Gasteiger partial charge in [-0.05, 0) is 31.0 Å². The van der Waals surface area contributed by atoms with Crippen molar-refractivity contribution in [2.45, 2.75) is 13.3 Å². The fraction of sp³-hybridized carbons (Fsp3) is 0.235. The van der Waals surface area contributed by atoms with Crippen LogP contribution in [0.5, 0.6) is 0 Å². The summed E-state index contributed by atoms with van der Waals surface area (Å²) in [4.78, 5) is 18.2. The first-order chi connectivity index (χ1) is 10.3. The van der Waals surface area contributed by atoms with E-state index in [1.165, 1.54) is 0 Å². The van der Waals surface area contributed by atoms with Crippen molar-refractivity contribution in [3.05, 3.63) is 60.4 Å². The number of hydrogen-bond donors (Lipinski definition) is 0. The highest BCUT2D eigenvalue weighted by atomic mass is 16.2. The maximum Gasteiger partial charge on any atom is 0.244 e. The summed E-state index contributed by atoms with van der Waals surface area (Å²) < 4.78 is 0. The minimum atomic E-state index is -0.680. The first-order valence-electron chi connectivity index (χ1n) is 6.91. The Morgan fingerprint density at radius 2 is 1.90 bits per heavy atom. The number of nitrogens with zero attached hydrogens (tertiary/aromatic N) is 3. The zero-order valence-corrected chi connectivity index (χ0v) is 11.9. The van der Waals surface area contributed by atoms with E-state index in [1.54, 1.807) is 29.4 Å². The Morgan fingerprint density at radius 1 is 1.24 bits per heavy atom. The van der Waals surface area contributed by atoms with Crippen LogP contribution in [0.4, 0.5) is 5.69 Å². The molecule has 0 saturated heterocycles. The molecule has 4 heteroatoms. The van der Waals surface area contributed by atoms with Gasteiger partial charge in [0, 0.05) is 24.6 Å². The van der Waals surface area contributed by atoms with Crippen LogP contribution >= 0.6 is 0 Å². The van der Waals surface area contributed by atoms with Crippen molar-refractivity contribution in [3.8, 4) is 6.07 Å². The minimum Gasteiger partial charge on any atom is -0.311 e. The summed E-state index contributed by atoms with van der Waals surface area (Å²) in [6.45, 7) is 2.42. The molecule has 1 aromatic heterocycles. The third kappa shape index (κ3) is 3.67. The lowest BCUT2D eigenvalue weighted by Gasteiger charge is -2.23. The molecule has 0 aliphatic heterocycles. The molecule has 2 rings (SSSR count). The second kappa shape index (κ2) is 7.20. The monoisotopic (exact) mass is 279 g/mol. The molecule has 0 radical (unpaired) electrons. The van der Waals surface area contributed by atoms with Crippen LogP contribution < -0.4 is 4.90 Å². The number of amides is 1. The fourth-order valence-electron chi connectivity index (χ4n) is 2.22. The van der Waals surface area contributed by atoms with Crippen molar-refractivity contribution in [3.63, 3.8) is 0 Å². The van der Waals surface area contributed by atoms with Crippen LogP contribution in [0.1, 0.15) is 12.5 Å². The van der Waals surface area contributed by atoms with E-state index in [0.717, 1.165) is 11.3 Å². The second-order valence-corrected chi connectivity index (χ2v) is 4.66. The smallest absolute Gasteiger partial charge is 0.244 e. The lowest BCUT2D eigenvalue weighted by Crippen LogP contribution is -2.36. The molecule has 0 saturated carbocycles. The summed E-state index contributed by atoms with van der Waals surface area (Å²) in [6, 6.07) is 15.3. The average Bonchev–Trinajstić information content (AvgIpc) is 2.55. The minimum absolute atomic E-state index is 0.171. The highest BCUT2D eigenvalue weighted by molar-refractivity contribution is 5.96. The Kier molecular flexibility index (Phi) is 5.05. The normalized spacial score (nSPS) is 11.4. The molecule has 21 heavy (non-hydrogen) atoms. The number of benzene rings is 1. The molecule has 1 amide bonds. The predicted molar refractivity (Wildman–Crippen MR) is 81.5 cm³/mol. The van der Waals surface area contributed by atoms with E-state index in [2.05, 4.69) is 11.1 Å². The zero-order valence-electron chi connectivity index (χ0n) is 11.9. The summed E-state index contributed by atoms with van der Waals surface area (Å²) in [7, 11) is 0. The standard InChI is InChI=1S/C17H17N3O/c1-2-20(16-8-10-19-11-9-16)17(21)15(13-18)12-14-6-4-3-5-7-14/h3-11,15H,2,12H2,1H3. The Balaban J connectivity index is 2.17. The maximum atomic E-state index is 12.6. The Labute approximate surface area is 124 Å². The van der Waals surface area contributed by atoms with E-state index < -0.39 is 5.92 Å². The molecular weight excluding hydrogens is 262 g/mol. The Hall–Kier alpha value is -2.67. The maximum absolute atomic E-state index is 12.6. The number of aromatic nitrogens is 1. The van der Waals surface area contributed by atoms with Gasteiger partial charge in [-0.25, -0.2) is 0 Å². The number of carbonyl (C=O) groups excluding carboxylic acids is 1. The van der Waals surface area contributed by atoms with Crippen molar-refractivity contribution in [2.75, 3.05) is 11.4 Å². The molecule has 1 heterocycles. The first kappa shape index (κ1) is 14.7. The quantitative estimate of drug-likeness (QED) is 0.845. The molecule has 0 aliphatic carbocycles. The SMILES string of the molecule is CCN(C(=O)C(C#N)Cc1ccccc1)c1ccncc1. The van der Waals surface area contributed by atoms with Crippen LogP contribution in [-0.2, 0) is 11.2 Å². The van der Waals surface area contributed by atoms with Gasteiger partial charge in [0.25, 0.3) is 0 Å². The van der Waals surface area contributed by atoms with E-state index in [1.807, 2.05) is 37.3 Å². The van der Waals surface area contributed by atoms with Crippen molar-refractivity contribution in [1.29, 1.82) is 5.26 Å². The third-order valence-electron chi connectivity index (χ3n) is 3.29. The molecule has 0 spiro atoms. The fourth-order valence-corrected chi connectivity index (χ4v) is 2.22. The van der Waals surface area contributed by atoms with Gasteiger partial charge in [0.15, 0.2) is 0 Å². The summed E-state index contributed by atoms with van der Waals surface area (Å²) >= 11 is 0. The van der Waals surface area contributed by atoms with E-state index in [9.17, 15) is 10.1 Å². The van der Waals surface area contributed by atoms with Crippen LogP contribution in [0.15, 0.2) is 54.9 Å². The third-order valence-corrected chi connectivity index (χ3v) is 3.29. The molecular formula is C17H17N3O. The topological polar surface area (TPSA) is 57.0 Å². The van der Waals surface area contributed by atoms with Crippen LogP contribution in [0.3, 0.4) is 0 Å². The summed E-state index contributed by atoms with van der Waals surface area (Å²) in [5.41, 5.74) is 1.76. The van der Waals surface area contributed by atoms with Gasteiger partial charge in [-0.1, -0.05) is 30.3 Å². The first-order valence-corrected chi connectivity index (χ1v) is 6.91. The molecule has 0 bridgehead atoms. The summed E-state index contributed by atoms with van der Waals surface area (Å²) in [5, 5.41) is 9.34. The van der Waals surface area contributed by atoms with Crippen LogP contribution in [0.25, 0.3) is 0 Å². The van der Waals surface area contributed by atoms with Crippen molar-refractivity contribution in [1.82, 2.24) is 4.98 Å². The van der Waals surface area contributed by atoms with Crippen molar-refractivity contribution < 1.29 is 4.79 Å². The predicted octanol–water partition coefficient (Wildman–Crippen LogP) is 2.82. The second-order valence-electron chi connectivity index (χ2n) is 4.66. The largest absolute Gasteiger partial charge is 0.311 e. The zero-order chi connectivity index (χ0) is 15.1. The number of rotatable bonds is 5. The van der Waals surface area contributed by atoms with Gasteiger partial charge in [-0.2, -0.15) is 5.26 Å². The van der Waals surface area contributed by atoms with Gasteiger partial charge in [0.05, 0.1) is 6.07 Å². The van der Waals surface area contributed by atoms with Gasteiger partial charge in [-0.15, -0.1) is 0 Å². The van der Waals surface area contributed by atoms with Gasteiger partial charge in [0.1, 0.15) is 5.92 Å². The van der Waals surface area contributed by atoms with Crippen molar-refractivity contribution >= 4 is 11.6 Å². The van der Waals surface area contributed by atoms with E-state index in [0.29, 0.717) is 13.0 Å². The molecule has 1 atom stereocenters. The average molecular weight is 279 g/mol. The number of pyridine rings is 1. The summed E-state index contributed by atoms with van der Waals surface area (Å²) in [6.07, 6.45) is 3.71. The van der Waals surface area contributed by atoms with Crippen LogP contribution in [-0.4, -0.2) is 17.4 Å². The molecule has 4 nitrogen and oxygen atoms in total. The number of hydrogen-bond acceptors (Lipinski definition) is 3. The van der Waals surface area contributed by atoms with Gasteiger partial charge in [0.2, 0.25) is 5.91 Å². The number of carbonyl (C=O) groups is 1. The van der Waals surface area contributed by atoms with Crippen molar-refractivity contribution in [2.24, 2.45) is 5.92 Å². The summed E-state index contributed by atoms with van der Waals surface area (Å²) in [5.74, 6) is -0.851. The van der Waals surface area contributed by atoms with Crippen LogP contribution in [0, 0.1) is 17.2 Å². The molecule has 106 valence electrons. The molecule has 0 fully saturated rings. The van der Waals surface area contributed by atoms with E-state index in [4.69, 9.17) is 0 Å². The van der Waals surface area contributed by atoms with Gasteiger partial charge in [-0.3, -0.25) is 9.78 Å². The van der Waals surface area contributed by atoms with Gasteiger partial charge < -0.3 is 4.90 Å². The lowest BCUT2D eigenvalue weighted by atomic mass is 9.99.